The lowest BCUT2D eigenvalue weighted by atomic mass is 9.60. The molecule has 13 heavy (non-hydrogen) atoms. The Labute approximate surface area is 78.0 Å². The van der Waals surface area contributed by atoms with Gasteiger partial charge in [0.2, 0.25) is 0 Å². The molecule has 2 nitrogen and oxygen atoms in total. The lowest BCUT2D eigenvalue weighted by Gasteiger charge is -2.40. The first kappa shape index (κ1) is 8.67. The zero-order valence-corrected chi connectivity index (χ0v) is 7.93. The SMILES string of the molecule is C=C1CC2CCC(=O)C(C)(C1)C2=O. The third kappa shape index (κ3) is 1.08. The van der Waals surface area contributed by atoms with Crippen LogP contribution in [-0.4, -0.2) is 11.6 Å². The van der Waals surface area contributed by atoms with Crippen LogP contribution in [0.3, 0.4) is 0 Å². The highest BCUT2D eigenvalue weighted by Crippen LogP contribution is 2.45. The normalized spacial score (nSPS) is 39.5. The van der Waals surface area contributed by atoms with Gasteiger partial charge in [-0.15, -0.1) is 0 Å². The minimum absolute atomic E-state index is 0.0870. The summed E-state index contributed by atoms with van der Waals surface area (Å²) in [6, 6.07) is 0. The van der Waals surface area contributed by atoms with Crippen molar-refractivity contribution in [2.45, 2.75) is 32.6 Å². The van der Waals surface area contributed by atoms with E-state index in [4.69, 9.17) is 0 Å². The Bertz CT molecular complexity index is 303. The van der Waals surface area contributed by atoms with Crippen LogP contribution in [0, 0.1) is 11.3 Å². The van der Waals surface area contributed by atoms with Crippen LogP contribution in [0.25, 0.3) is 0 Å². The van der Waals surface area contributed by atoms with E-state index in [9.17, 15) is 9.59 Å². The van der Waals surface area contributed by atoms with Gasteiger partial charge >= 0.3 is 0 Å². The summed E-state index contributed by atoms with van der Waals surface area (Å²) in [6.07, 6.45) is 2.72. The molecular weight excluding hydrogens is 164 g/mol. The van der Waals surface area contributed by atoms with Crippen LogP contribution in [0.5, 0.6) is 0 Å². The molecule has 0 aromatic carbocycles. The average Bonchev–Trinajstić information content (AvgIpc) is 2.05. The molecule has 0 aromatic rings. The molecule has 2 aliphatic rings. The summed E-state index contributed by atoms with van der Waals surface area (Å²) in [5.41, 5.74) is 0.360. The van der Waals surface area contributed by atoms with Crippen molar-refractivity contribution in [1.29, 1.82) is 0 Å². The highest BCUT2D eigenvalue weighted by Gasteiger charge is 2.50. The van der Waals surface area contributed by atoms with Crippen LogP contribution in [0.2, 0.25) is 0 Å². The van der Waals surface area contributed by atoms with Gasteiger partial charge in [-0.2, -0.15) is 0 Å². The zero-order valence-electron chi connectivity index (χ0n) is 7.93. The van der Waals surface area contributed by atoms with Crippen molar-refractivity contribution < 1.29 is 9.59 Å². The summed E-state index contributed by atoms with van der Waals surface area (Å²) in [7, 11) is 0. The molecule has 0 amide bonds. The van der Waals surface area contributed by atoms with Crippen molar-refractivity contribution >= 4 is 11.6 Å². The quantitative estimate of drug-likeness (QED) is 0.419. The van der Waals surface area contributed by atoms with E-state index in [2.05, 4.69) is 6.58 Å². The van der Waals surface area contributed by atoms with Gasteiger partial charge in [0.25, 0.3) is 0 Å². The molecule has 2 rings (SSSR count). The Morgan fingerprint density at radius 3 is 2.85 bits per heavy atom. The summed E-state index contributed by atoms with van der Waals surface area (Å²) >= 11 is 0. The van der Waals surface area contributed by atoms with Gasteiger partial charge in [-0.25, -0.2) is 0 Å². The van der Waals surface area contributed by atoms with Crippen LogP contribution in [-0.2, 0) is 9.59 Å². The fourth-order valence-electron chi connectivity index (χ4n) is 2.60. The smallest absolute Gasteiger partial charge is 0.149 e. The number of hydrogen-bond acceptors (Lipinski definition) is 2. The van der Waals surface area contributed by atoms with Gasteiger partial charge in [-0.1, -0.05) is 12.2 Å². The second-order valence-electron chi connectivity index (χ2n) is 4.49. The first-order valence-electron chi connectivity index (χ1n) is 4.78. The van der Waals surface area contributed by atoms with Crippen LogP contribution in [0.4, 0.5) is 0 Å². The van der Waals surface area contributed by atoms with Gasteiger partial charge in [0, 0.05) is 12.3 Å². The first-order valence-corrected chi connectivity index (χ1v) is 4.78. The predicted molar refractivity (Wildman–Crippen MR) is 49.2 cm³/mol. The first-order chi connectivity index (χ1) is 6.04. The molecule has 0 heterocycles. The van der Waals surface area contributed by atoms with E-state index in [0.717, 1.165) is 18.4 Å². The molecule has 2 aliphatic carbocycles. The molecule has 0 N–H and O–H groups in total. The maximum absolute atomic E-state index is 11.8. The number of Topliss-reactive ketones (excluding diaryl/α,β-unsaturated/α-hetero) is 2. The van der Waals surface area contributed by atoms with Gasteiger partial charge < -0.3 is 0 Å². The number of carbonyl (C=O) groups is 2. The molecule has 2 bridgehead atoms. The monoisotopic (exact) mass is 178 g/mol. The Morgan fingerprint density at radius 2 is 2.15 bits per heavy atom. The number of hydrogen-bond donors (Lipinski definition) is 0. The van der Waals surface area contributed by atoms with E-state index in [1.165, 1.54) is 0 Å². The summed E-state index contributed by atoms with van der Waals surface area (Å²) < 4.78 is 0. The van der Waals surface area contributed by atoms with E-state index < -0.39 is 5.41 Å². The molecule has 0 spiro atoms. The Morgan fingerprint density at radius 1 is 1.46 bits per heavy atom. The zero-order chi connectivity index (χ0) is 9.64. The van der Waals surface area contributed by atoms with E-state index in [1.807, 2.05) is 0 Å². The number of carbonyl (C=O) groups excluding carboxylic acids is 2. The predicted octanol–water partition coefficient (Wildman–Crippen LogP) is 1.89. The molecule has 0 aromatic heterocycles. The average molecular weight is 178 g/mol. The molecule has 2 atom stereocenters. The molecule has 0 radical (unpaired) electrons. The molecule has 2 unspecified atom stereocenters. The summed E-state index contributed by atoms with van der Waals surface area (Å²) in [5.74, 6) is 0.370. The van der Waals surface area contributed by atoms with Crippen LogP contribution < -0.4 is 0 Å². The van der Waals surface area contributed by atoms with E-state index in [0.29, 0.717) is 12.8 Å². The summed E-state index contributed by atoms with van der Waals surface area (Å²) in [5, 5.41) is 0. The summed E-state index contributed by atoms with van der Waals surface area (Å²) in [4.78, 5) is 23.4. The lowest BCUT2D eigenvalue weighted by molar-refractivity contribution is -0.147. The molecule has 70 valence electrons. The lowest BCUT2D eigenvalue weighted by Crippen LogP contribution is -2.48. The third-order valence-electron chi connectivity index (χ3n) is 3.39. The second kappa shape index (κ2) is 2.53. The fourth-order valence-corrected chi connectivity index (χ4v) is 2.60. The second-order valence-corrected chi connectivity index (χ2v) is 4.49. The Balaban J connectivity index is 2.40. The standard InChI is InChI=1S/C11H14O2/c1-7-5-8-3-4-9(12)11(2,6-7)10(8)13/h8H,1,3-6H2,2H3. The molecule has 2 fully saturated rings. The fraction of sp³-hybridized carbons (Fsp3) is 0.636. The van der Waals surface area contributed by atoms with E-state index >= 15 is 0 Å². The molecule has 2 heteroatoms. The minimum atomic E-state index is -0.710. The molecule has 0 aliphatic heterocycles. The highest BCUT2D eigenvalue weighted by molar-refractivity contribution is 6.10. The Kier molecular flexibility index (Phi) is 1.69. The van der Waals surface area contributed by atoms with Gasteiger partial charge in [0.15, 0.2) is 0 Å². The maximum atomic E-state index is 11.8. The van der Waals surface area contributed by atoms with Crippen LogP contribution in [0.15, 0.2) is 12.2 Å². The highest BCUT2D eigenvalue weighted by atomic mass is 16.2. The van der Waals surface area contributed by atoms with Crippen LogP contribution in [0.1, 0.15) is 32.6 Å². The molecule has 2 saturated carbocycles. The van der Waals surface area contributed by atoms with Crippen molar-refractivity contribution in [3.8, 4) is 0 Å². The number of allylic oxidation sites excluding steroid dienone is 1. The topological polar surface area (TPSA) is 34.1 Å². The molecule has 0 saturated heterocycles. The van der Waals surface area contributed by atoms with E-state index in [-0.39, 0.29) is 17.5 Å². The van der Waals surface area contributed by atoms with Gasteiger partial charge in [0.05, 0.1) is 5.41 Å². The molecular formula is C11H14O2. The minimum Gasteiger partial charge on any atom is -0.299 e. The van der Waals surface area contributed by atoms with Crippen molar-refractivity contribution in [2.75, 3.05) is 0 Å². The van der Waals surface area contributed by atoms with Gasteiger partial charge in [-0.3, -0.25) is 9.59 Å². The Hall–Kier alpha value is -0.920. The van der Waals surface area contributed by atoms with Crippen molar-refractivity contribution in [2.24, 2.45) is 11.3 Å². The number of fused-ring (bicyclic) bond motifs is 2. The number of rotatable bonds is 0. The summed E-state index contributed by atoms with van der Waals surface area (Å²) in [6.45, 7) is 5.69. The van der Waals surface area contributed by atoms with Crippen molar-refractivity contribution in [3.63, 3.8) is 0 Å². The third-order valence-corrected chi connectivity index (χ3v) is 3.39. The van der Waals surface area contributed by atoms with Gasteiger partial charge in [-0.05, 0) is 26.2 Å². The number of ketones is 2. The van der Waals surface area contributed by atoms with Gasteiger partial charge in [0.1, 0.15) is 11.6 Å². The largest absolute Gasteiger partial charge is 0.299 e. The van der Waals surface area contributed by atoms with E-state index in [1.54, 1.807) is 6.92 Å². The maximum Gasteiger partial charge on any atom is 0.149 e. The van der Waals surface area contributed by atoms with Crippen molar-refractivity contribution in [3.05, 3.63) is 12.2 Å². The van der Waals surface area contributed by atoms with Crippen LogP contribution >= 0.6 is 0 Å². The van der Waals surface area contributed by atoms with Crippen molar-refractivity contribution in [1.82, 2.24) is 0 Å².